The van der Waals surface area contributed by atoms with Crippen LogP contribution in [-0.2, 0) is 10.2 Å². The summed E-state index contributed by atoms with van der Waals surface area (Å²) >= 11 is 0. The van der Waals surface area contributed by atoms with Crippen LogP contribution in [0.25, 0.3) is 10.9 Å². The normalized spacial score (nSPS) is 16.3. The minimum absolute atomic E-state index is 0.0997. The molecule has 0 saturated heterocycles. The molecule has 0 aliphatic heterocycles. The molecule has 0 radical (unpaired) electrons. The molecule has 1 saturated carbocycles. The standard InChI is InChI=1S/C15H18N2O2/c1-17(14(18)19-2)10-15(7-8-15)12-9-16-13-6-4-3-5-11(12)13/h3-6,9,16H,7-8,10H2,1-2H3. The first kappa shape index (κ1) is 12.1. The van der Waals surface area contributed by atoms with Crippen LogP contribution in [0.4, 0.5) is 4.79 Å². The number of nitrogens with one attached hydrogen (secondary N) is 1. The maximum absolute atomic E-state index is 11.5. The van der Waals surface area contributed by atoms with Crippen molar-refractivity contribution in [1.82, 2.24) is 9.88 Å². The number of amides is 1. The van der Waals surface area contributed by atoms with Gasteiger partial charge < -0.3 is 14.6 Å². The number of benzene rings is 1. The smallest absolute Gasteiger partial charge is 0.409 e. The Morgan fingerprint density at radius 3 is 2.84 bits per heavy atom. The first-order chi connectivity index (χ1) is 9.16. The fourth-order valence-corrected chi connectivity index (χ4v) is 2.85. The lowest BCUT2D eigenvalue weighted by Crippen LogP contribution is -2.34. The zero-order chi connectivity index (χ0) is 13.5. The van der Waals surface area contributed by atoms with E-state index in [0.29, 0.717) is 6.54 Å². The van der Waals surface area contributed by atoms with Gasteiger partial charge in [0.1, 0.15) is 0 Å². The summed E-state index contributed by atoms with van der Waals surface area (Å²) in [6.45, 7) is 0.710. The lowest BCUT2D eigenvalue weighted by Gasteiger charge is -2.22. The summed E-state index contributed by atoms with van der Waals surface area (Å²) in [4.78, 5) is 16.5. The Bertz CT molecular complexity index is 613. The Morgan fingerprint density at radius 2 is 2.16 bits per heavy atom. The molecule has 1 N–H and O–H groups in total. The van der Waals surface area contributed by atoms with Crippen LogP contribution in [0, 0.1) is 0 Å². The van der Waals surface area contributed by atoms with Crippen molar-refractivity contribution in [3.8, 4) is 0 Å². The quantitative estimate of drug-likeness (QED) is 0.920. The highest BCUT2D eigenvalue weighted by Crippen LogP contribution is 2.50. The molecule has 0 unspecified atom stereocenters. The molecule has 0 atom stereocenters. The number of aromatic amines is 1. The van der Waals surface area contributed by atoms with Crippen LogP contribution in [0.3, 0.4) is 0 Å². The molecule has 1 heterocycles. The predicted molar refractivity (Wildman–Crippen MR) is 74.2 cm³/mol. The summed E-state index contributed by atoms with van der Waals surface area (Å²) in [5.41, 5.74) is 2.58. The highest BCUT2D eigenvalue weighted by molar-refractivity contribution is 5.85. The molecule has 1 fully saturated rings. The highest BCUT2D eigenvalue weighted by Gasteiger charge is 2.47. The topological polar surface area (TPSA) is 45.3 Å². The summed E-state index contributed by atoms with van der Waals surface area (Å²) in [7, 11) is 3.21. The zero-order valence-electron chi connectivity index (χ0n) is 11.3. The van der Waals surface area contributed by atoms with E-state index in [9.17, 15) is 4.79 Å². The van der Waals surface area contributed by atoms with Crippen molar-refractivity contribution in [3.05, 3.63) is 36.0 Å². The van der Waals surface area contributed by atoms with Gasteiger partial charge in [-0.1, -0.05) is 18.2 Å². The van der Waals surface area contributed by atoms with Gasteiger partial charge in [-0.2, -0.15) is 0 Å². The van der Waals surface area contributed by atoms with Gasteiger partial charge in [-0.05, 0) is 24.5 Å². The molecule has 0 bridgehead atoms. The number of rotatable bonds is 3. The Balaban J connectivity index is 1.91. The maximum Gasteiger partial charge on any atom is 0.409 e. The second-order valence-electron chi connectivity index (χ2n) is 5.35. The number of carbonyl (C=O) groups excluding carboxylic acids is 1. The molecule has 2 aromatic rings. The molecule has 4 nitrogen and oxygen atoms in total. The molecule has 1 aromatic carbocycles. The van der Waals surface area contributed by atoms with Crippen molar-refractivity contribution in [3.63, 3.8) is 0 Å². The van der Waals surface area contributed by atoms with Crippen LogP contribution < -0.4 is 0 Å². The minimum atomic E-state index is -0.272. The predicted octanol–water partition coefficient (Wildman–Crippen LogP) is 2.90. The van der Waals surface area contributed by atoms with Gasteiger partial charge in [0.25, 0.3) is 0 Å². The van der Waals surface area contributed by atoms with Crippen molar-refractivity contribution < 1.29 is 9.53 Å². The zero-order valence-corrected chi connectivity index (χ0v) is 11.3. The van der Waals surface area contributed by atoms with Gasteiger partial charge in [0, 0.05) is 36.1 Å². The van der Waals surface area contributed by atoms with E-state index in [1.165, 1.54) is 18.1 Å². The van der Waals surface area contributed by atoms with E-state index in [0.717, 1.165) is 18.4 Å². The fraction of sp³-hybridized carbons (Fsp3) is 0.400. The van der Waals surface area contributed by atoms with E-state index < -0.39 is 0 Å². The minimum Gasteiger partial charge on any atom is -0.453 e. The lowest BCUT2D eigenvalue weighted by molar-refractivity contribution is 0.130. The van der Waals surface area contributed by atoms with Crippen molar-refractivity contribution >= 4 is 17.0 Å². The Kier molecular flexibility index (Phi) is 2.73. The van der Waals surface area contributed by atoms with Gasteiger partial charge >= 0.3 is 6.09 Å². The molecule has 1 aliphatic carbocycles. The number of nitrogens with zero attached hydrogens (tertiary/aromatic N) is 1. The van der Waals surface area contributed by atoms with Gasteiger partial charge in [-0.25, -0.2) is 4.79 Å². The number of hydrogen-bond donors (Lipinski definition) is 1. The number of aromatic nitrogens is 1. The summed E-state index contributed by atoms with van der Waals surface area (Å²) < 4.78 is 4.77. The van der Waals surface area contributed by atoms with Gasteiger partial charge in [0.2, 0.25) is 0 Å². The Hall–Kier alpha value is -1.97. The first-order valence-corrected chi connectivity index (χ1v) is 6.52. The molecular weight excluding hydrogens is 240 g/mol. The summed E-state index contributed by atoms with van der Waals surface area (Å²) in [5, 5.41) is 1.26. The van der Waals surface area contributed by atoms with Crippen LogP contribution in [0.2, 0.25) is 0 Å². The maximum atomic E-state index is 11.5. The van der Waals surface area contributed by atoms with Crippen molar-refractivity contribution in [2.45, 2.75) is 18.3 Å². The van der Waals surface area contributed by atoms with E-state index >= 15 is 0 Å². The molecule has 1 aliphatic rings. The molecule has 100 valence electrons. The summed E-state index contributed by atoms with van der Waals surface area (Å²) in [6, 6.07) is 8.31. The average molecular weight is 258 g/mol. The third kappa shape index (κ3) is 1.97. The van der Waals surface area contributed by atoms with Crippen LogP contribution in [0.15, 0.2) is 30.5 Å². The molecular formula is C15H18N2O2. The van der Waals surface area contributed by atoms with Crippen molar-refractivity contribution in [2.75, 3.05) is 20.7 Å². The number of para-hydroxylation sites is 1. The molecule has 1 aromatic heterocycles. The van der Waals surface area contributed by atoms with Crippen LogP contribution >= 0.6 is 0 Å². The van der Waals surface area contributed by atoms with Gasteiger partial charge in [-0.3, -0.25) is 0 Å². The molecule has 4 heteroatoms. The fourth-order valence-electron chi connectivity index (χ4n) is 2.85. The van der Waals surface area contributed by atoms with Crippen LogP contribution in [-0.4, -0.2) is 36.7 Å². The largest absolute Gasteiger partial charge is 0.453 e. The van der Waals surface area contributed by atoms with Gasteiger partial charge in [-0.15, -0.1) is 0 Å². The number of carbonyl (C=O) groups is 1. The molecule has 19 heavy (non-hydrogen) atoms. The number of H-pyrrole nitrogens is 1. The van der Waals surface area contributed by atoms with E-state index in [4.69, 9.17) is 4.74 Å². The molecule has 1 amide bonds. The molecule has 3 rings (SSSR count). The van der Waals surface area contributed by atoms with Crippen LogP contribution in [0.1, 0.15) is 18.4 Å². The number of methoxy groups -OCH3 is 1. The summed E-state index contributed by atoms with van der Waals surface area (Å²) in [5.74, 6) is 0. The van der Waals surface area contributed by atoms with Gasteiger partial charge in [0.15, 0.2) is 0 Å². The number of likely N-dealkylation sites (N-methyl/N-ethyl adjacent to an activating group) is 1. The Labute approximate surface area is 112 Å². The van der Waals surface area contributed by atoms with E-state index in [1.807, 2.05) is 6.07 Å². The molecule has 0 spiro atoms. The van der Waals surface area contributed by atoms with Crippen molar-refractivity contribution in [2.24, 2.45) is 0 Å². The number of hydrogen-bond acceptors (Lipinski definition) is 2. The summed E-state index contributed by atoms with van der Waals surface area (Å²) in [6.07, 6.45) is 4.06. The van der Waals surface area contributed by atoms with Crippen LogP contribution in [0.5, 0.6) is 0 Å². The highest BCUT2D eigenvalue weighted by atomic mass is 16.5. The lowest BCUT2D eigenvalue weighted by atomic mass is 9.95. The van der Waals surface area contributed by atoms with E-state index in [-0.39, 0.29) is 11.5 Å². The SMILES string of the molecule is COC(=O)N(C)CC1(c2c[nH]c3ccccc23)CC1. The second kappa shape index (κ2) is 4.30. The van der Waals surface area contributed by atoms with E-state index in [1.54, 1.807) is 11.9 Å². The van der Waals surface area contributed by atoms with Gasteiger partial charge in [0.05, 0.1) is 7.11 Å². The van der Waals surface area contributed by atoms with E-state index in [2.05, 4.69) is 29.4 Å². The monoisotopic (exact) mass is 258 g/mol. The first-order valence-electron chi connectivity index (χ1n) is 6.52. The number of ether oxygens (including phenoxy) is 1. The van der Waals surface area contributed by atoms with Crippen molar-refractivity contribution in [1.29, 1.82) is 0 Å². The average Bonchev–Trinajstić information content (AvgIpc) is 3.07. The Morgan fingerprint density at radius 1 is 1.42 bits per heavy atom. The third-order valence-corrected chi connectivity index (χ3v) is 4.04. The number of fused-ring (bicyclic) bond motifs is 1. The second-order valence-corrected chi connectivity index (χ2v) is 5.35. The third-order valence-electron chi connectivity index (χ3n) is 4.04.